The quantitative estimate of drug-likeness (QED) is 0.788. The molecular formula is C14H16FNS. The first kappa shape index (κ1) is 12.3. The zero-order valence-corrected chi connectivity index (χ0v) is 10.7. The van der Waals surface area contributed by atoms with E-state index in [4.69, 9.17) is 0 Å². The van der Waals surface area contributed by atoms with Gasteiger partial charge in [-0.05, 0) is 58.6 Å². The molecule has 1 aromatic heterocycles. The van der Waals surface area contributed by atoms with Gasteiger partial charge in [0, 0.05) is 6.54 Å². The Balaban J connectivity index is 2.25. The van der Waals surface area contributed by atoms with Crippen molar-refractivity contribution in [2.24, 2.45) is 0 Å². The third-order valence-electron chi connectivity index (χ3n) is 2.65. The third-order valence-corrected chi connectivity index (χ3v) is 3.33. The number of halogens is 1. The second-order valence-corrected chi connectivity index (χ2v) is 4.77. The van der Waals surface area contributed by atoms with Gasteiger partial charge in [0.25, 0.3) is 0 Å². The molecule has 0 aliphatic rings. The fraction of sp³-hybridized carbons (Fsp3) is 0.286. The van der Waals surface area contributed by atoms with Crippen LogP contribution in [0.25, 0.3) is 11.1 Å². The van der Waals surface area contributed by atoms with Crippen molar-refractivity contribution in [3.05, 3.63) is 46.4 Å². The van der Waals surface area contributed by atoms with Crippen LogP contribution in [0, 0.1) is 5.82 Å². The molecule has 1 N–H and O–H groups in total. The molecule has 3 heteroatoms. The van der Waals surface area contributed by atoms with Crippen LogP contribution in [0.3, 0.4) is 0 Å². The van der Waals surface area contributed by atoms with Crippen LogP contribution in [0.15, 0.2) is 35.0 Å². The molecule has 0 spiro atoms. The lowest BCUT2D eigenvalue weighted by Crippen LogP contribution is -2.14. The van der Waals surface area contributed by atoms with Gasteiger partial charge in [-0.25, -0.2) is 4.39 Å². The van der Waals surface area contributed by atoms with Crippen LogP contribution in [0.1, 0.15) is 18.9 Å². The summed E-state index contributed by atoms with van der Waals surface area (Å²) in [7, 11) is 0. The molecule has 0 unspecified atom stereocenters. The minimum Gasteiger partial charge on any atom is -0.313 e. The Hall–Kier alpha value is -1.19. The maximum atomic E-state index is 13.3. The Morgan fingerprint density at radius 3 is 2.88 bits per heavy atom. The van der Waals surface area contributed by atoms with Crippen LogP contribution >= 0.6 is 11.3 Å². The van der Waals surface area contributed by atoms with Gasteiger partial charge in [0.2, 0.25) is 0 Å². The second-order valence-electron chi connectivity index (χ2n) is 3.99. The van der Waals surface area contributed by atoms with Crippen molar-refractivity contribution >= 4 is 11.3 Å². The summed E-state index contributed by atoms with van der Waals surface area (Å²) in [5.74, 6) is -0.176. The smallest absolute Gasteiger partial charge is 0.123 e. The van der Waals surface area contributed by atoms with Crippen molar-refractivity contribution in [3.8, 4) is 11.1 Å². The van der Waals surface area contributed by atoms with Gasteiger partial charge in [-0.3, -0.25) is 0 Å². The molecule has 17 heavy (non-hydrogen) atoms. The summed E-state index contributed by atoms with van der Waals surface area (Å²) in [6.07, 6.45) is 1.11. The Labute approximate surface area is 105 Å². The summed E-state index contributed by atoms with van der Waals surface area (Å²) in [4.78, 5) is 0. The maximum Gasteiger partial charge on any atom is 0.123 e. The average molecular weight is 249 g/mol. The van der Waals surface area contributed by atoms with E-state index in [0.717, 1.165) is 36.2 Å². The highest BCUT2D eigenvalue weighted by molar-refractivity contribution is 7.08. The summed E-state index contributed by atoms with van der Waals surface area (Å²) >= 11 is 1.63. The Bertz CT molecular complexity index is 465. The van der Waals surface area contributed by atoms with E-state index >= 15 is 0 Å². The largest absolute Gasteiger partial charge is 0.313 e. The van der Waals surface area contributed by atoms with E-state index in [1.54, 1.807) is 17.4 Å². The maximum absolute atomic E-state index is 13.3. The highest BCUT2D eigenvalue weighted by atomic mass is 32.1. The molecule has 1 nitrogen and oxygen atoms in total. The number of benzene rings is 1. The molecule has 0 amide bonds. The van der Waals surface area contributed by atoms with Gasteiger partial charge in [0.1, 0.15) is 5.82 Å². The van der Waals surface area contributed by atoms with Crippen LogP contribution in [0.4, 0.5) is 4.39 Å². The van der Waals surface area contributed by atoms with E-state index in [1.807, 2.05) is 17.5 Å². The van der Waals surface area contributed by atoms with E-state index < -0.39 is 0 Å². The Morgan fingerprint density at radius 2 is 2.18 bits per heavy atom. The van der Waals surface area contributed by atoms with Gasteiger partial charge in [-0.2, -0.15) is 11.3 Å². The summed E-state index contributed by atoms with van der Waals surface area (Å²) in [6, 6.07) is 7.04. The predicted octanol–water partition coefficient (Wildman–Crippen LogP) is 4.05. The molecule has 1 heterocycles. The van der Waals surface area contributed by atoms with Crippen LogP contribution in [-0.4, -0.2) is 6.54 Å². The molecule has 0 saturated carbocycles. The van der Waals surface area contributed by atoms with E-state index in [-0.39, 0.29) is 5.82 Å². The van der Waals surface area contributed by atoms with E-state index in [1.165, 1.54) is 6.07 Å². The van der Waals surface area contributed by atoms with Crippen LogP contribution < -0.4 is 5.32 Å². The number of thiophene rings is 1. The SMILES string of the molecule is CCCNCc1ccc(F)cc1-c1ccsc1. The molecule has 2 aromatic rings. The van der Waals surface area contributed by atoms with Crippen LogP contribution in [-0.2, 0) is 6.54 Å². The minimum atomic E-state index is -0.176. The topological polar surface area (TPSA) is 12.0 Å². The van der Waals surface area contributed by atoms with Gasteiger partial charge >= 0.3 is 0 Å². The molecule has 0 fully saturated rings. The second kappa shape index (κ2) is 5.94. The average Bonchev–Trinajstić information content (AvgIpc) is 2.85. The van der Waals surface area contributed by atoms with Crippen molar-refractivity contribution in [2.75, 3.05) is 6.54 Å². The lowest BCUT2D eigenvalue weighted by molar-refractivity contribution is 0.625. The van der Waals surface area contributed by atoms with Gasteiger partial charge in [0.05, 0.1) is 0 Å². The minimum absolute atomic E-state index is 0.176. The van der Waals surface area contributed by atoms with E-state index in [0.29, 0.717) is 0 Å². The summed E-state index contributed by atoms with van der Waals surface area (Å²) < 4.78 is 13.3. The fourth-order valence-electron chi connectivity index (χ4n) is 1.79. The first-order valence-corrected chi connectivity index (χ1v) is 6.77. The van der Waals surface area contributed by atoms with Crippen molar-refractivity contribution in [3.63, 3.8) is 0 Å². The molecule has 0 radical (unpaired) electrons. The first-order valence-electron chi connectivity index (χ1n) is 5.83. The number of nitrogens with one attached hydrogen (secondary N) is 1. The van der Waals surface area contributed by atoms with Gasteiger partial charge in [0.15, 0.2) is 0 Å². The third kappa shape index (κ3) is 3.14. The zero-order chi connectivity index (χ0) is 12.1. The first-order chi connectivity index (χ1) is 8.31. The van der Waals surface area contributed by atoms with Gasteiger partial charge in [-0.15, -0.1) is 0 Å². The molecule has 0 atom stereocenters. The Kier molecular flexibility index (Phi) is 4.29. The molecule has 0 saturated heterocycles. The monoisotopic (exact) mass is 249 g/mol. The normalized spacial score (nSPS) is 10.7. The molecule has 0 aliphatic carbocycles. The molecule has 1 aromatic carbocycles. The highest BCUT2D eigenvalue weighted by Gasteiger charge is 2.06. The zero-order valence-electron chi connectivity index (χ0n) is 9.87. The molecule has 90 valence electrons. The summed E-state index contributed by atoms with van der Waals surface area (Å²) in [5, 5.41) is 7.43. The predicted molar refractivity (Wildman–Crippen MR) is 71.7 cm³/mol. The molecular weight excluding hydrogens is 233 g/mol. The van der Waals surface area contributed by atoms with Gasteiger partial charge < -0.3 is 5.32 Å². The number of hydrogen-bond donors (Lipinski definition) is 1. The van der Waals surface area contributed by atoms with Crippen molar-refractivity contribution in [2.45, 2.75) is 19.9 Å². The van der Waals surface area contributed by atoms with Crippen molar-refractivity contribution in [1.82, 2.24) is 5.32 Å². The van der Waals surface area contributed by atoms with Crippen LogP contribution in [0.2, 0.25) is 0 Å². The number of rotatable bonds is 5. The van der Waals surface area contributed by atoms with Crippen LogP contribution in [0.5, 0.6) is 0 Å². The van der Waals surface area contributed by atoms with Crippen molar-refractivity contribution < 1.29 is 4.39 Å². The molecule has 0 aliphatic heterocycles. The summed E-state index contributed by atoms with van der Waals surface area (Å²) in [5.41, 5.74) is 3.25. The number of hydrogen-bond acceptors (Lipinski definition) is 2. The lowest BCUT2D eigenvalue weighted by Gasteiger charge is -2.09. The highest BCUT2D eigenvalue weighted by Crippen LogP contribution is 2.26. The standard InChI is InChI=1S/C14H16FNS/c1-2-6-16-9-11-3-4-13(15)8-14(11)12-5-7-17-10-12/h3-5,7-8,10,16H,2,6,9H2,1H3. The van der Waals surface area contributed by atoms with E-state index in [9.17, 15) is 4.39 Å². The molecule has 2 rings (SSSR count). The van der Waals surface area contributed by atoms with Gasteiger partial charge in [-0.1, -0.05) is 13.0 Å². The Morgan fingerprint density at radius 1 is 1.29 bits per heavy atom. The van der Waals surface area contributed by atoms with E-state index in [2.05, 4.69) is 17.6 Å². The van der Waals surface area contributed by atoms with Crippen molar-refractivity contribution in [1.29, 1.82) is 0 Å². The fourth-order valence-corrected chi connectivity index (χ4v) is 2.45. The lowest BCUT2D eigenvalue weighted by atomic mass is 10.0. The summed E-state index contributed by atoms with van der Waals surface area (Å²) in [6.45, 7) is 3.91. The molecule has 0 bridgehead atoms.